The Morgan fingerprint density at radius 2 is 2.14 bits per heavy atom. The number of Topliss-reactive ketones (excluding diaryl/α,β-unsaturated/α-hetero) is 1. The Labute approximate surface area is 121 Å². The van der Waals surface area contributed by atoms with Gasteiger partial charge in [0.05, 0.1) is 0 Å². The van der Waals surface area contributed by atoms with Crippen LogP contribution in [0.3, 0.4) is 0 Å². The Hall–Kier alpha value is -1.56. The molecule has 1 saturated heterocycles. The molecule has 1 atom stereocenters. The quantitative estimate of drug-likeness (QED) is 0.843. The van der Waals surface area contributed by atoms with Crippen molar-refractivity contribution < 1.29 is 22.7 Å². The summed E-state index contributed by atoms with van der Waals surface area (Å²) in [6.45, 7) is 0.966. The molecule has 21 heavy (non-hydrogen) atoms. The van der Waals surface area contributed by atoms with Crippen molar-refractivity contribution in [1.29, 1.82) is 0 Å². The number of rotatable bonds is 5. The van der Waals surface area contributed by atoms with Gasteiger partial charge in [-0.25, -0.2) is 0 Å². The van der Waals surface area contributed by atoms with E-state index in [0.29, 0.717) is 18.9 Å². The van der Waals surface area contributed by atoms with E-state index < -0.39 is 6.36 Å². The van der Waals surface area contributed by atoms with Gasteiger partial charge < -0.3 is 10.1 Å². The van der Waals surface area contributed by atoms with Crippen LogP contribution < -0.4 is 10.1 Å². The summed E-state index contributed by atoms with van der Waals surface area (Å²) in [6, 6.07) is 5.57. The monoisotopic (exact) mass is 301 g/mol. The number of ketones is 1. The van der Waals surface area contributed by atoms with Gasteiger partial charge in [-0.05, 0) is 37.9 Å². The molecule has 2 rings (SSSR count). The molecule has 1 fully saturated rings. The van der Waals surface area contributed by atoms with Crippen LogP contribution in [0.5, 0.6) is 5.75 Å². The minimum Gasteiger partial charge on any atom is -0.406 e. The Morgan fingerprint density at radius 3 is 2.81 bits per heavy atom. The van der Waals surface area contributed by atoms with Crippen LogP contribution in [0.15, 0.2) is 24.3 Å². The van der Waals surface area contributed by atoms with Gasteiger partial charge in [0.25, 0.3) is 0 Å². The number of hydrogen-bond acceptors (Lipinski definition) is 3. The van der Waals surface area contributed by atoms with Crippen molar-refractivity contribution in [3.8, 4) is 5.75 Å². The first kappa shape index (κ1) is 15.8. The summed E-state index contributed by atoms with van der Waals surface area (Å²) < 4.78 is 40.3. The van der Waals surface area contributed by atoms with E-state index in [0.717, 1.165) is 31.9 Å². The van der Waals surface area contributed by atoms with E-state index in [4.69, 9.17) is 0 Å². The van der Waals surface area contributed by atoms with Crippen molar-refractivity contribution >= 4 is 5.78 Å². The lowest BCUT2D eigenvalue weighted by Gasteiger charge is -2.23. The first-order valence-electron chi connectivity index (χ1n) is 7.06. The second kappa shape index (κ2) is 6.93. The molecule has 0 radical (unpaired) electrons. The summed E-state index contributed by atoms with van der Waals surface area (Å²) in [7, 11) is 0. The number of ether oxygens (including phenoxy) is 1. The standard InChI is InChI=1S/C15H18F3NO2/c16-15(17,18)21-13-6-3-4-11(10-13)14(20)8-7-12-5-1-2-9-19-12/h3-4,6,10,12,19H,1-2,5,7-9H2. The number of piperidine rings is 1. The second-order valence-corrected chi connectivity index (χ2v) is 5.18. The number of hydrogen-bond donors (Lipinski definition) is 1. The van der Waals surface area contributed by atoms with Crippen molar-refractivity contribution in [2.75, 3.05) is 6.54 Å². The fourth-order valence-electron chi connectivity index (χ4n) is 2.49. The molecule has 1 unspecified atom stereocenters. The molecule has 1 aliphatic heterocycles. The summed E-state index contributed by atoms with van der Waals surface area (Å²) in [5, 5.41) is 3.34. The lowest BCUT2D eigenvalue weighted by molar-refractivity contribution is -0.274. The molecule has 0 saturated carbocycles. The van der Waals surface area contributed by atoms with E-state index in [1.54, 1.807) is 0 Å². The van der Waals surface area contributed by atoms with E-state index in [-0.39, 0.29) is 17.1 Å². The van der Waals surface area contributed by atoms with Gasteiger partial charge in [0.1, 0.15) is 5.75 Å². The molecule has 0 amide bonds. The van der Waals surface area contributed by atoms with Gasteiger partial charge in [0.15, 0.2) is 5.78 Å². The Kier molecular flexibility index (Phi) is 5.22. The first-order valence-corrected chi connectivity index (χ1v) is 7.06. The van der Waals surface area contributed by atoms with Gasteiger partial charge in [-0.3, -0.25) is 4.79 Å². The average molecular weight is 301 g/mol. The number of carbonyl (C=O) groups excluding carboxylic acids is 1. The van der Waals surface area contributed by atoms with Crippen LogP contribution in [0.2, 0.25) is 0 Å². The fraction of sp³-hybridized carbons (Fsp3) is 0.533. The lowest BCUT2D eigenvalue weighted by Crippen LogP contribution is -2.34. The van der Waals surface area contributed by atoms with Crippen molar-refractivity contribution in [1.82, 2.24) is 5.32 Å². The van der Waals surface area contributed by atoms with Crippen molar-refractivity contribution in [2.24, 2.45) is 0 Å². The van der Waals surface area contributed by atoms with Crippen LogP contribution in [0.25, 0.3) is 0 Å². The summed E-state index contributed by atoms with van der Waals surface area (Å²) in [5.74, 6) is -0.515. The fourth-order valence-corrected chi connectivity index (χ4v) is 2.49. The SMILES string of the molecule is O=C(CCC1CCCCN1)c1cccc(OC(F)(F)F)c1. The molecule has 0 spiro atoms. The second-order valence-electron chi connectivity index (χ2n) is 5.18. The normalized spacial score (nSPS) is 19.3. The van der Waals surface area contributed by atoms with Crippen molar-refractivity contribution in [2.45, 2.75) is 44.5 Å². The minimum absolute atomic E-state index is 0.157. The van der Waals surface area contributed by atoms with Crippen LogP contribution in [0.1, 0.15) is 42.5 Å². The smallest absolute Gasteiger partial charge is 0.406 e. The van der Waals surface area contributed by atoms with Crippen LogP contribution in [-0.2, 0) is 0 Å². The van der Waals surface area contributed by atoms with Crippen LogP contribution in [0.4, 0.5) is 13.2 Å². The maximum Gasteiger partial charge on any atom is 0.573 e. The highest BCUT2D eigenvalue weighted by Crippen LogP contribution is 2.24. The van der Waals surface area contributed by atoms with Gasteiger partial charge in [-0.2, -0.15) is 0 Å². The number of benzene rings is 1. The first-order chi connectivity index (χ1) is 9.94. The highest BCUT2D eigenvalue weighted by molar-refractivity contribution is 5.96. The van der Waals surface area contributed by atoms with Gasteiger partial charge >= 0.3 is 6.36 Å². The zero-order valence-corrected chi connectivity index (χ0v) is 11.6. The predicted molar refractivity (Wildman–Crippen MR) is 72.3 cm³/mol. The third kappa shape index (κ3) is 5.38. The number of carbonyl (C=O) groups is 1. The van der Waals surface area contributed by atoms with E-state index in [9.17, 15) is 18.0 Å². The Bertz CT molecular complexity index is 482. The van der Waals surface area contributed by atoms with E-state index >= 15 is 0 Å². The van der Waals surface area contributed by atoms with Crippen LogP contribution in [-0.4, -0.2) is 24.7 Å². The van der Waals surface area contributed by atoms with Crippen LogP contribution >= 0.6 is 0 Å². The summed E-state index contributed by atoms with van der Waals surface area (Å²) in [6.07, 6.45) is -0.351. The molecule has 1 aromatic carbocycles. The lowest BCUT2D eigenvalue weighted by atomic mass is 9.97. The number of nitrogens with one attached hydrogen (secondary N) is 1. The summed E-state index contributed by atoms with van der Waals surface area (Å²) >= 11 is 0. The third-order valence-electron chi connectivity index (χ3n) is 3.52. The van der Waals surface area contributed by atoms with Gasteiger partial charge in [-0.1, -0.05) is 18.6 Å². The maximum absolute atomic E-state index is 12.1. The average Bonchev–Trinajstić information content (AvgIpc) is 2.44. The molecular weight excluding hydrogens is 283 g/mol. The maximum atomic E-state index is 12.1. The zero-order valence-electron chi connectivity index (χ0n) is 11.6. The topological polar surface area (TPSA) is 38.3 Å². The molecular formula is C15H18F3NO2. The largest absolute Gasteiger partial charge is 0.573 e. The van der Waals surface area contributed by atoms with E-state index in [2.05, 4.69) is 10.1 Å². The van der Waals surface area contributed by atoms with Gasteiger partial charge in [-0.15, -0.1) is 13.2 Å². The molecule has 0 aliphatic carbocycles. The molecule has 3 nitrogen and oxygen atoms in total. The van der Waals surface area contributed by atoms with Gasteiger partial charge in [0, 0.05) is 18.0 Å². The number of alkyl halides is 3. The molecule has 0 bridgehead atoms. The zero-order chi connectivity index (χ0) is 15.3. The molecule has 1 aromatic rings. The minimum atomic E-state index is -4.74. The highest BCUT2D eigenvalue weighted by Gasteiger charge is 2.31. The van der Waals surface area contributed by atoms with Crippen LogP contribution in [0, 0.1) is 0 Å². The molecule has 1 heterocycles. The third-order valence-corrected chi connectivity index (χ3v) is 3.52. The van der Waals surface area contributed by atoms with E-state index in [1.807, 2.05) is 0 Å². The molecule has 116 valence electrons. The number of halogens is 3. The molecule has 1 N–H and O–H groups in total. The highest BCUT2D eigenvalue weighted by atomic mass is 19.4. The Balaban J connectivity index is 1.91. The van der Waals surface area contributed by atoms with Crippen molar-refractivity contribution in [3.05, 3.63) is 29.8 Å². The Morgan fingerprint density at radius 1 is 1.33 bits per heavy atom. The van der Waals surface area contributed by atoms with Gasteiger partial charge in [0.2, 0.25) is 0 Å². The summed E-state index contributed by atoms with van der Waals surface area (Å²) in [4.78, 5) is 12.0. The molecule has 1 aliphatic rings. The van der Waals surface area contributed by atoms with E-state index in [1.165, 1.54) is 18.2 Å². The molecule has 0 aromatic heterocycles. The van der Waals surface area contributed by atoms with Crippen molar-refractivity contribution in [3.63, 3.8) is 0 Å². The molecule has 6 heteroatoms. The predicted octanol–water partition coefficient (Wildman–Crippen LogP) is 3.69. The summed E-state index contributed by atoms with van der Waals surface area (Å²) in [5.41, 5.74) is 0.257.